The van der Waals surface area contributed by atoms with Gasteiger partial charge in [0.05, 0.1) is 18.7 Å². The maximum Gasteiger partial charge on any atom is 0.311 e. The Kier molecular flexibility index (Phi) is 4.38. The van der Waals surface area contributed by atoms with Crippen LogP contribution in [0.2, 0.25) is 0 Å². The van der Waals surface area contributed by atoms with E-state index >= 15 is 0 Å². The van der Waals surface area contributed by atoms with Gasteiger partial charge < -0.3 is 4.74 Å². The number of carbonyl (C=O) groups excluding carboxylic acids is 2. The Hall–Kier alpha value is -2.28. The zero-order valence-electron chi connectivity index (χ0n) is 12.4. The first-order chi connectivity index (χ1) is 11.1. The number of hydrogen-bond acceptors (Lipinski definition) is 5. The molecule has 1 saturated heterocycles. The van der Waals surface area contributed by atoms with E-state index < -0.39 is 5.92 Å². The Morgan fingerprint density at radius 3 is 2.96 bits per heavy atom. The quantitative estimate of drug-likeness (QED) is 0.770. The second-order valence-electron chi connectivity index (χ2n) is 5.18. The highest BCUT2D eigenvalue weighted by molar-refractivity contribution is 9.10. The average molecular weight is 376 g/mol. The number of aromatic nitrogens is 2. The molecule has 2 heterocycles. The lowest BCUT2D eigenvalue weighted by molar-refractivity contribution is -0.145. The Labute approximate surface area is 141 Å². The number of amides is 1. The molecule has 118 valence electrons. The van der Waals surface area contributed by atoms with E-state index in [2.05, 4.69) is 25.9 Å². The zero-order chi connectivity index (χ0) is 16.4. The summed E-state index contributed by atoms with van der Waals surface area (Å²) in [5.41, 5.74) is 1.63. The van der Waals surface area contributed by atoms with Crippen LogP contribution < -0.4 is 4.90 Å². The van der Waals surface area contributed by atoms with Gasteiger partial charge in [0.25, 0.3) is 0 Å². The highest BCUT2D eigenvalue weighted by Crippen LogP contribution is 2.26. The van der Waals surface area contributed by atoms with Crippen LogP contribution in [0, 0.1) is 5.92 Å². The minimum atomic E-state index is -0.467. The molecule has 1 unspecified atom stereocenters. The van der Waals surface area contributed by atoms with Crippen LogP contribution in [0.3, 0.4) is 0 Å². The molecule has 0 spiro atoms. The van der Waals surface area contributed by atoms with E-state index in [4.69, 9.17) is 4.74 Å². The first kappa shape index (κ1) is 15.6. The summed E-state index contributed by atoms with van der Waals surface area (Å²) in [5, 5.41) is 0. The van der Waals surface area contributed by atoms with Crippen molar-refractivity contribution in [2.75, 3.05) is 18.6 Å². The summed E-state index contributed by atoms with van der Waals surface area (Å²) in [6.45, 7) is 0.243. The molecule has 6 nitrogen and oxygen atoms in total. The van der Waals surface area contributed by atoms with Gasteiger partial charge in [-0.3, -0.25) is 14.5 Å². The van der Waals surface area contributed by atoms with Crippen LogP contribution in [-0.4, -0.2) is 35.5 Å². The lowest BCUT2D eigenvalue weighted by atomic mass is 10.1. The van der Waals surface area contributed by atoms with E-state index in [-0.39, 0.29) is 24.8 Å². The molecule has 2 aromatic rings. The summed E-state index contributed by atoms with van der Waals surface area (Å²) in [6.07, 6.45) is 1.73. The minimum absolute atomic E-state index is 0.122. The van der Waals surface area contributed by atoms with Crippen molar-refractivity contribution < 1.29 is 14.3 Å². The summed E-state index contributed by atoms with van der Waals surface area (Å²) in [7, 11) is 1.32. The lowest BCUT2D eigenvalue weighted by Crippen LogP contribution is -2.28. The van der Waals surface area contributed by atoms with Gasteiger partial charge in [-0.2, -0.15) is 0 Å². The molecule has 23 heavy (non-hydrogen) atoms. The van der Waals surface area contributed by atoms with Crippen molar-refractivity contribution in [1.82, 2.24) is 9.97 Å². The molecule has 1 amide bonds. The lowest BCUT2D eigenvalue weighted by Gasteiger charge is -2.14. The summed E-state index contributed by atoms with van der Waals surface area (Å²) < 4.78 is 5.65. The SMILES string of the molecule is COC(=O)C1CC(=O)N(c2nccc(-c3cccc(Br)c3)n2)C1. The number of nitrogens with zero attached hydrogens (tertiary/aromatic N) is 3. The number of anilines is 1. The van der Waals surface area contributed by atoms with E-state index in [9.17, 15) is 9.59 Å². The van der Waals surface area contributed by atoms with Crippen molar-refractivity contribution in [3.05, 3.63) is 41.0 Å². The number of ether oxygens (including phenoxy) is 1. The molecule has 3 rings (SSSR count). The second kappa shape index (κ2) is 6.45. The van der Waals surface area contributed by atoms with Crippen molar-refractivity contribution in [3.63, 3.8) is 0 Å². The number of carbonyl (C=O) groups is 2. The highest BCUT2D eigenvalue weighted by Gasteiger charge is 2.37. The third-order valence-corrected chi connectivity index (χ3v) is 4.16. The van der Waals surface area contributed by atoms with Gasteiger partial charge in [-0.15, -0.1) is 0 Å². The Bertz CT molecular complexity index is 766. The third kappa shape index (κ3) is 3.24. The molecule has 1 fully saturated rings. The van der Waals surface area contributed by atoms with Gasteiger partial charge in [-0.05, 0) is 18.2 Å². The Morgan fingerprint density at radius 2 is 2.22 bits per heavy atom. The molecule has 0 aliphatic carbocycles. The van der Waals surface area contributed by atoms with E-state index in [0.717, 1.165) is 10.0 Å². The standard InChI is InChI=1S/C16H14BrN3O3/c1-23-15(22)11-8-14(21)20(9-11)16-18-6-5-13(19-16)10-3-2-4-12(17)7-10/h2-7,11H,8-9H2,1H3. The van der Waals surface area contributed by atoms with E-state index in [0.29, 0.717) is 11.6 Å². The zero-order valence-corrected chi connectivity index (χ0v) is 14.0. The van der Waals surface area contributed by atoms with E-state index in [1.165, 1.54) is 12.0 Å². The Balaban J connectivity index is 1.88. The average Bonchev–Trinajstić information content (AvgIpc) is 2.96. The van der Waals surface area contributed by atoms with Gasteiger partial charge in [0, 0.05) is 29.2 Å². The number of hydrogen-bond donors (Lipinski definition) is 0. The molecule has 1 aromatic heterocycles. The largest absolute Gasteiger partial charge is 0.469 e. The first-order valence-corrected chi connectivity index (χ1v) is 7.85. The number of halogens is 1. The van der Waals surface area contributed by atoms with Crippen molar-refractivity contribution in [2.24, 2.45) is 5.92 Å². The van der Waals surface area contributed by atoms with Gasteiger partial charge in [-0.1, -0.05) is 28.1 Å². The maximum atomic E-state index is 12.1. The fourth-order valence-corrected chi connectivity index (χ4v) is 2.91. The van der Waals surface area contributed by atoms with Crippen LogP contribution in [0.1, 0.15) is 6.42 Å². The van der Waals surface area contributed by atoms with Crippen molar-refractivity contribution in [1.29, 1.82) is 0 Å². The van der Waals surface area contributed by atoms with Gasteiger partial charge in [0.15, 0.2) is 0 Å². The molecular formula is C16H14BrN3O3. The monoisotopic (exact) mass is 375 g/mol. The van der Waals surface area contributed by atoms with Gasteiger partial charge >= 0.3 is 5.97 Å². The van der Waals surface area contributed by atoms with Crippen LogP contribution in [0.4, 0.5) is 5.95 Å². The van der Waals surface area contributed by atoms with Crippen LogP contribution in [-0.2, 0) is 14.3 Å². The van der Waals surface area contributed by atoms with Gasteiger partial charge in [-0.25, -0.2) is 9.97 Å². The molecule has 1 aliphatic heterocycles. The summed E-state index contributed by atoms with van der Waals surface area (Å²) >= 11 is 3.43. The van der Waals surface area contributed by atoms with E-state index in [1.54, 1.807) is 12.3 Å². The van der Waals surface area contributed by atoms with Gasteiger partial charge in [0.2, 0.25) is 11.9 Å². The van der Waals surface area contributed by atoms with Crippen LogP contribution >= 0.6 is 15.9 Å². The molecule has 1 aliphatic rings. The number of esters is 1. The first-order valence-electron chi connectivity index (χ1n) is 7.05. The molecule has 1 aromatic carbocycles. The normalized spacial score (nSPS) is 17.4. The number of methoxy groups -OCH3 is 1. The fourth-order valence-electron chi connectivity index (χ4n) is 2.51. The highest BCUT2D eigenvalue weighted by atomic mass is 79.9. The third-order valence-electron chi connectivity index (χ3n) is 3.66. The fraction of sp³-hybridized carbons (Fsp3) is 0.250. The van der Waals surface area contributed by atoms with Crippen LogP contribution in [0.25, 0.3) is 11.3 Å². The second-order valence-corrected chi connectivity index (χ2v) is 6.10. The number of benzene rings is 1. The summed E-state index contributed by atoms with van der Waals surface area (Å²) in [6, 6.07) is 9.49. The van der Waals surface area contributed by atoms with Crippen molar-refractivity contribution in [3.8, 4) is 11.3 Å². The molecular weight excluding hydrogens is 362 g/mol. The predicted octanol–water partition coefficient (Wildman–Crippen LogP) is 2.43. The molecule has 0 saturated carbocycles. The molecule has 0 radical (unpaired) electrons. The van der Waals surface area contributed by atoms with Crippen molar-refractivity contribution in [2.45, 2.75) is 6.42 Å². The topological polar surface area (TPSA) is 72.4 Å². The van der Waals surface area contributed by atoms with Crippen LogP contribution in [0.15, 0.2) is 41.0 Å². The summed E-state index contributed by atoms with van der Waals surface area (Å²) in [5.74, 6) is -0.722. The molecule has 0 bridgehead atoms. The molecule has 7 heteroatoms. The Morgan fingerprint density at radius 1 is 1.39 bits per heavy atom. The van der Waals surface area contributed by atoms with Gasteiger partial charge in [0.1, 0.15) is 0 Å². The molecule has 0 N–H and O–H groups in total. The minimum Gasteiger partial charge on any atom is -0.469 e. The van der Waals surface area contributed by atoms with Crippen molar-refractivity contribution >= 4 is 33.8 Å². The van der Waals surface area contributed by atoms with Crippen LogP contribution in [0.5, 0.6) is 0 Å². The maximum absolute atomic E-state index is 12.1. The summed E-state index contributed by atoms with van der Waals surface area (Å²) in [4.78, 5) is 33.8. The smallest absolute Gasteiger partial charge is 0.311 e. The predicted molar refractivity (Wildman–Crippen MR) is 87.6 cm³/mol. The number of rotatable bonds is 3. The van der Waals surface area contributed by atoms with E-state index in [1.807, 2.05) is 24.3 Å². The molecule has 1 atom stereocenters.